The Morgan fingerprint density at radius 2 is 0.885 bits per heavy atom. The Bertz CT molecular complexity index is 842. The molecule has 0 bridgehead atoms. The van der Waals surface area contributed by atoms with E-state index < -0.39 is 19.8 Å². The zero-order valence-electron chi connectivity index (χ0n) is 14.4. The second-order valence-corrected chi connectivity index (χ2v) is 13.2. The summed E-state index contributed by atoms with van der Waals surface area (Å²) >= 11 is 2.77. The molecule has 0 fully saturated rings. The fraction of sp³-hybridized carbons (Fsp3) is 0. The van der Waals surface area contributed by atoms with Gasteiger partial charge in [0.25, 0.3) is 0 Å². The van der Waals surface area contributed by atoms with E-state index in [1.165, 1.54) is 10.7 Å². The maximum absolute atomic E-state index is 4.76. The van der Waals surface area contributed by atoms with E-state index in [0.717, 1.165) is 4.64 Å². The van der Waals surface area contributed by atoms with Gasteiger partial charge in [-0.25, -0.2) is 0 Å². The fourth-order valence-corrected chi connectivity index (χ4v) is 10.2. The Kier molecular flexibility index (Phi) is 7.23. The predicted molar refractivity (Wildman–Crippen MR) is 116 cm³/mol. The molecule has 127 valence electrons. The van der Waals surface area contributed by atoms with E-state index in [1.807, 2.05) is 24.4 Å². The van der Waals surface area contributed by atoms with Crippen LogP contribution in [0.5, 0.6) is 0 Å². The van der Waals surface area contributed by atoms with Crippen LogP contribution in [0.25, 0.3) is 0 Å². The van der Waals surface area contributed by atoms with Gasteiger partial charge in [-0.3, -0.25) is 0 Å². The first-order valence-corrected chi connectivity index (χ1v) is 13.2. The third kappa shape index (κ3) is 5.41. The van der Waals surface area contributed by atoms with Crippen LogP contribution in [-0.4, -0.2) is 24.7 Å². The second kappa shape index (κ2) is 10.1. The summed E-state index contributed by atoms with van der Waals surface area (Å²) in [6, 6.07) is 38.6. The third-order valence-corrected chi connectivity index (χ3v) is 11.9. The van der Waals surface area contributed by atoms with Gasteiger partial charge in [-0.2, -0.15) is 0 Å². The van der Waals surface area contributed by atoms with Crippen LogP contribution >= 0.6 is 12.2 Å². The van der Waals surface area contributed by atoms with Crippen molar-refractivity contribution in [1.82, 2.24) is 4.98 Å². The van der Waals surface area contributed by atoms with Crippen molar-refractivity contribution in [2.75, 3.05) is 0 Å². The Labute approximate surface area is 167 Å². The van der Waals surface area contributed by atoms with Crippen molar-refractivity contribution < 1.29 is 0 Å². The van der Waals surface area contributed by atoms with Crippen molar-refractivity contribution in [3.8, 4) is 0 Å². The van der Waals surface area contributed by atoms with E-state index >= 15 is 0 Å². The monoisotopic (exact) mass is 462 g/mol. The molecule has 0 aliphatic rings. The molecule has 0 spiro atoms. The number of rotatable bonds is 3. The van der Waals surface area contributed by atoms with Crippen LogP contribution in [0.3, 0.4) is 0 Å². The summed E-state index contributed by atoms with van der Waals surface area (Å²) in [5.74, 6) is 0. The molecular formula is C23H20NSSn. The number of benzene rings is 3. The molecule has 4 rings (SSSR count). The molecule has 0 amide bonds. The quantitative estimate of drug-likeness (QED) is 0.361. The van der Waals surface area contributed by atoms with E-state index in [-0.39, 0.29) is 0 Å². The van der Waals surface area contributed by atoms with E-state index in [9.17, 15) is 0 Å². The number of aromatic nitrogens is 1. The Morgan fingerprint density at radius 1 is 0.500 bits per heavy atom. The zero-order valence-corrected chi connectivity index (χ0v) is 18.0. The van der Waals surface area contributed by atoms with Gasteiger partial charge in [0.05, 0.1) is 0 Å². The summed E-state index contributed by atoms with van der Waals surface area (Å²) in [5, 5.41) is 0. The molecule has 1 heterocycles. The van der Waals surface area contributed by atoms with Crippen LogP contribution in [0.15, 0.2) is 115 Å². The van der Waals surface area contributed by atoms with Crippen LogP contribution in [-0.2, 0) is 0 Å². The van der Waals surface area contributed by atoms with Gasteiger partial charge in [-0.1, -0.05) is 18.3 Å². The number of H-pyrrole nitrogens is 1. The number of nitrogens with one attached hydrogen (secondary N) is 1. The molecule has 0 saturated carbocycles. The first-order chi connectivity index (χ1) is 12.8. The average molecular weight is 461 g/mol. The molecule has 3 aromatic carbocycles. The van der Waals surface area contributed by atoms with Crippen molar-refractivity contribution >= 4 is 42.7 Å². The van der Waals surface area contributed by atoms with Crippen LogP contribution in [0.4, 0.5) is 0 Å². The van der Waals surface area contributed by atoms with Crippen molar-refractivity contribution in [3.05, 3.63) is 120 Å². The van der Waals surface area contributed by atoms with Crippen molar-refractivity contribution in [1.29, 1.82) is 0 Å². The molecule has 0 aliphatic carbocycles. The van der Waals surface area contributed by atoms with Crippen molar-refractivity contribution in [2.45, 2.75) is 0 Å². The molecule has 4 aromatic rings. The minimum atomic E-state index is -1.98. The molecule has 0 aliphatic heterocycles. The second-order valence-electron chi connectivity index (χ2n) is 5.70. The Hall–Kier alpha value is -2.17. The molecule has 1 N–H and O–H groups in total. The standard InChI is InChI=1S/3C6H5.C5H5NS.Sn/c3*1-2-4-6-5-3-1;7-5-3-1-2-4-6-5;/h3*1-5H;1-4H,(H,6,7);. The van der Waals surface area contributed by atoms with E-state index in [0.29, 0.717) is 0 Å². The minimum absolute atomic E-state index is 0.780. The molecular weight excluding hydrogens is 441 g/mol. The summed E-state index contributed by atoms with van der Waals surface area (Å²) in [6.07, 6.45) is 1.81. The van der Waals surface area contributed by atoms with Crippen LogP contribution in [0, 0.1) is 4.64 Å². The van der Waals surface area contributed by atoms with Crippen LogP contribution in [0.2, 0.25) is 0 Å². The molecule has 0 atom stereocenters. The van der Waals surface area contributed by atoms with Gasteiger partial charge < -0.3 is 4.98 Å². The molecule has 26 heavy (non-hydrogen) atoms. The zero-order chi connectivity index (χ0) is 18.0. The topological polar surface area (TPSA) is 15.8 Å². The molecule has 1 radical (unpaired) electrons. The molecule has 1 nitrogen and oxygen atoms in total. The first-order valence-electron chi connectivity index (χ1n) is 8.51. The number of hydrogen-bond donors (Lipinski definition) is 1. The molecule has 3 heteroatoms. The Morgan fingerprint density at radius 3 is 1.15 bits per heavy atom. The number of aromatic amines is 1. The maximum atomic E-state index is 4.76. The summed E-state index contributed by atoms with van der Waals surface area (Å²) in [6.45, 7) is 0. The van der Waals surface area contributed by atoms with Gasteiger partial charge in [0, 0.05) is 6.20 Å². The van der Waals surface area contributed by atoms with E-state index in [2.05, 4.69) is 96.0 Å². The predicted octanol–water partition coefficient (Wildman–Crippen LogP) is 3.95. The summed E-state index contributed by atoms with van der Waals surface area (Å²) in [4.78, 5) is 2.85. The molecule has 1 aromatic heterocycles. The van der Waals surface area contributed by atoms with Crippen molar-refractivity contribution in [3.63, 3.8) is 0 Å². The van der Waals surface area contributed by atoms with Gasteiger partial charge in [-0.15, -0.1) is 0 Å². The van der Waals surface area contributed by atoms with Crippen LogP contribution in [0.1, 0.15) is 0 Å². The van der Waals surface area contributed by atoms with Crippen molar-refractivity contribution in [2.24, 2.45) is 0 Å². The third-order valence-electron chi connectivity index (χ3n) is 3.87. The van der Waals surface area contributed by atoms with Gasteiger partial charge in [0.15, 0.2) is 0 Å². The summed E-state index contributed by atoms with van der Waals surface area (Å²) in [7, 11) is 0. The summed E-state index contributed by atoms with van der Waals surface area (Å²) < 4.78 is 5.37. The van der Waals surface area contributed by atoms with E-state index in [4.69, 9.17) is 12.2 Å². The normalized spacial score (nSPS) is 10.0. The van der Waals surface area contributed by atoms with Crippen LogP contribution < -0.4 is 10.7 Å². The number of pyridine rings is 1. The summed E-state index contributed by atoms with van der Waals surface area (Å²) in [5.41, 5.74) is 0. The van der Waals surface area contributed by atoms with Gasteiger partial charge >= 0.3 is 121 Å². The Balaban J connectivity index is 0.000000236. The first kappa shape index (κ1) is 18.6. The van der Waals surface area contributed by atoms with Gasteiger partial charge in [-0.05, 0) is 12.1 Å². The van der Waals surface area contributed by atoms with Gasteiger partial charge in [0.1, 0.15) is 4.64 Å². The fourth-order valence-electron chi connectivity index (χ4n) is 2.69. The average Bonchev–Trinajstić information content (AvgIpc) is 2.72. The SMILES string of the molecule is S=c1cccc[nH]1.c1cc[c]([Sn]([c]2ccccc2)[c]2ccccc2)cc1. The van der Waals surface area contributed by atoms with E-state index in [1.54, 1.807) is 0 Å². The molecule has 0 unspecified atom stereocenters. The number of hydrogen-bond acceptors (Lipinski definition) is 1. The molecule has 0 saturated heterocycles. The van der Waals surface area contributed by atoms with Gasteiger partial charge in [0.2, 0.25) is 0 Å².